The second-order valence-corrected chi connectivity index (χ2v) is 3.74. The number of esters is 1. The van der Waals surface area contributed by atoms with Crippen molar-refractivity contribution >= 4 is 22.7 Å². The number of ether oxygens (including phenoxy) is 1. The third kappa shape index (κ3) is 2.96. The van der Waals surface area contributed by atoms with Gasteiger partial charge in [-0.05, 0) is 24.6 Å². The molecule has 90 valence electrons. The number of nitrogens with one attached hydrogen (secondary N) is 2. The van der Waals surface area contributed by atoms with Gasteiger partial charge in [0.15, 0.2) is 0 Å². The minimum Gasteiger partial charge on any atom is -0.469 e. The van der Waals surface area contributed by atoms with Crippen LogP contribution in [0.25, 0.3) is 11.0 Å². The van der Waals surface area contributed by atoms with Crippen molar-refractivity contribution in [2.45, 2.75) is 12.8 Å². The Morgan fingerprint density at radius 1 is 1.53 bits per heavy atom. The predicted molar refractivity (Wildman–Crippen MR) is 65.8 cm³/mol. The summed E-state index contributed by atoms with van der Waals surface area (Å²) in [7, 11) is 1.40. The highest BCUT2D eigenvalue weighted by Gasteiger charge is 2.00. The molecule has 0 amide bonds. The Balaban J connectivity index is 1.84. The van der Waals surface area contributed by atoms with Gasteiger partial charge in [0, 0.05) is 18.7 Å². The van der Waals surface area contributed by atoms with Crippen molar-refractivity contribution in [2.24, 2.45) is 0 Å². The average molecular weight is 233 g/mol. The largest absolute Gasteiger partial charge is 0.469 e. The van der Waals surface area contributed by atoms with Gasteiger partial charge in [0.05, 0.1) is 24.5 Å². The van der Waals surface area contributed by atoms with Crippen LogP contribution in [0.2, 0.25) is 0 Å². The SMILES string of the molecule is COC(=O)CCCNc1ccc2nc[nH]c2c1. The van der Waals surface area contributed by atoms with Gasteiger partial charge in [-0.3, -0.25) is 4.79 Å². The summed E-state index contributed by atoms with van der Waals surface area (Å²) in [5, 5.41) is 3.25. The number of fused-ring (bicyclic) bond motifs is 1. The van der Waals surface area contributed by atoms with E-state index in [2.05, 4.69) is 20.0 Å². The van der Waals surface area contributed by atoms with E-state index in [1.54, 1.807) is 6.33 Å². The molecule has 0 aliphatic rings. The molecule has 0 unspecified atom stereocenters. The number of hydrogen-bond donors (Lipinski definition) is 2. The fourth-order valence-corrected chi connectivity index (χ4v) is 1.61. The molecule has 1 aromatic heterocycles. The zero-order valence-corrected chi connectivity index (χ0v) is 9.69. The van der Waals surface area contributed by atoms with E-state index in [-0.39, 0.29) is 5.97 Å². The molecule has 5 nitrogen and oxygen atoms in total. The molecule has 0 aliphatic carbocycles. The van der Waals surface area contributed by atoms with Crippen molar-refractivity contribution < 1.29 is 9.53 Å². The van der Waals surface area contributed by atoms with Crippen LogP contribution in [-0.4, -0.2) is 29.6 Å². The predicted octanol–water partition coefficient (Wildman–Crippen LogP) is 1.93. The van der Waals surface area contributed by atoms with Crippen molar-refractivity contribution in [3.05, 3.63) is 24.5 Å². The lowest BCUT2D eigenvalue weighted by molar-refractivity contribution is -0.140. The van der Waals surface area contributed by atoms with Gasteiger partial charge < -0.3 is 15.0 Å². The van der Waals surface area contributed by atoms with Gasteiger partial charge in [-0.2, -0.15) is 0 Å². The minimum absolute atomic E-state index is 0.171. The topological polar surface area (TPSA) is 67.0 Å². The molecule has 5 heteroatoms. The molecule has 0 bridgehead atoms. The number of anilines is 1. The van der Waals surface area contributed by atoms with Crippen LogP contribution in [0.3, 0.4) is 0 Å². The van der Waals surface area contributed by atoms with Crippen LogP contribution in [0.15, 0.2) is 24.5 Å². The van der Waals surface area contributed by atoms with Crippen molar-refractivity contribution in [1.29, 1.82) is 0 Å². The summed E-state index contributed by atoms with van der Waals surface area (Å²) in [6, 6.07) is 5.93. The highest BCUT2D eigenvalue weighted by atomic mass is 16.5. The number of hydrogen-bond acceptors (Lipinski definition) is 4. The Hall–Kier alpha value is -2.04. The van der Waals surface area contributed by atoms with Crippen LogP contribution in [-0.2, 0) is 9.53 Å². The maximum absolute atomic E-state index is 10.9. The molecule has 0 saturated heterocycles. The van der Waals surface area contributed by atoms with Crippen LogP contribution >= 0.6 is 0 Å². The maximum atomic E-state index is 10.9. The summed E-state index contributed by atoms with van der Waals surface area (Å²) in [5.41, 5.74) is 2.97. The molecule has 0 radical (unpaired) electrons. The summed E-state index contributed by atoms with van der Waals surface area (Å²) in [6.45, 7) is 0.745. The molecular weight excluding hydrogens is 218 g/mol. The van der Waals surface area contributed by atoms with Crippen LogP contribution in [0, 0.1) is 0 Å². The smallest absolute Gasteiger partial charge is 0.305 e. The van der Waals surface area contributed by atoms with Gasteiger partial charge in [-0.15, -0.1) is 0 Å². The van der Waals surface area contributed by atoms with Gasteiger partial charge in [-0.25, -0.2) is 4.98 Å². The van der Waals surface area contributed by atoms with Gasteiger partial charge in [-0.1, -0.05) is 0 Å². The molecule has 0 aliphatic heterocycles. The highest BCUT2D eigenvalue weighted by Crippen LogP contribution is 2.15. The molecule has 0 saturated carbocycles. The average Bonchev–Trinajstić information content (AvgIpc) is 2.81. The number of H-pyrrole nitrogens is 1. The third-order valence-electron chi connectivity index (χ3n) is 2.53. The summed E-state index contributed by atoms with van der Waals surface area (Å²) in [5.74, 6) is -0.171. The number of nitrogens with zero attached hydrogens (tertiary/aromatic N) is 1. The molecule has 0 spiro atoms. The Kier molecular flexibility index (Phi) is 3.59. The van der Waals surface area contributed by atoms with Crippen LogP contribution < -0.4 is 5.32 Å². The fourth-order valence-electron chi connectivity index (χ4n) is 1.61. The fraction of sp³-hybridized carbons (Fsp3) is 0.333. The van der Waals surface area contributed by atoms with Gasteiger partial charge in [0.25, 0.3) is 0 Å². The molecule has 1 aromatic carbocycles. The molecule has 2 rings (SSSR count). The number of imidazole rings is 1. The summed E-state index contributed by atoms with van der Waals surface area (Å²) < 4.78 is 4.57. The zero-order valence-electron chi connectivity index (χ0n) is 9.69. The molecule has 0 fully saturated rings. The Bertz CT molecular complexity index is 507. The van der Waals surface area contributed by atoms with Crippen molar-refractivity contribution in [3.63, 3.8) is 0 Å². The Morgan fingerprint density at radius 3 is 3.24 bits per heavy atom. The third-order valence-corrected chi connectivity index (χ3v) is 2.53. The minimum atomic E-state index is -0.171. The first-order chi connectivity index (χ1) is 8.29. The number of aromatic amines is 1. The normalized spacial score (nSPS) is 10.4. The first-order valence-electron chi connectivity index (χ1n) is 5.53. The highest BCUT2D eigenvalue weighted by molar-refractivity contribution is 5.78. The summed E-state index contributed by atoms with van der Waals surface area (Å²) in [4.78, 5) is 18.1. The second kappa shape index (κ2) is 5.34. The van der Waals surface area contributed by atoms with Gasteiger partial charge in [0.1, 0.15) is 0 Å². The van der Waals surface area contributed by atoms with Crippen molar-refractivity contribution in [3.8, 4) is 0 Å². The molecule has 2 N–H and O–H groups in total. The van der Waals surface area contributed by atoms with Gasteiger partial charge >= 0.3 is 5.97 Å². The lowest BCUT2D eigenvalue weighted by Gasteiger charge is -2.05. The monoisotopic (exact) mass is 233 g/mol. The summed E-state index contributed by atoms with van der Waals surface area (Å²) in [6.07, 6.45) is 2.87. The molecule has 1 heterocycles. The lowest BCUT2D eigenvalue weighted by Crippen LogP contribution is -2.06. The van der Waals surface area contributed by atoms with E-state index >= 15 is 0 Å². The first-order valence-corrected chi connectivity index (χ1v) is 5.53. The summed E-state index contributed by atoms with van der Waals surface area (Å²) >= 11 is 0. The van der Waals surface area contributed by atoms with E-state index < -0.39 is 0 Å². The molecular formula is C12H15N3O2. The first kappa shape index (κ1) is 11.4. The molecule has 0 atom stereocenters. The van der Waals surface area contributed by atoms with Crippen LogP contribution in [0.1, 0.15) is 12.8 Å². The number of benzene rings is 1. The quantitative estimate of drug-likeness (QED) is 0.611. The number of carbonyl (C=O) groups is 1. The van der Waals surface area contributed by atoms with E-state index in [9.17, 15) is 4.79 Å². The van der Waals surface area contributed by atoms with Crippen LogP contribution in [0.5, 0.6) is 0 Å². The Labute approximate surface area is 99.2 Å². The van der Waals surface area contributed by atoms with E-state index in [1.165, 1.54) is 7.11 Å². The van der Waals surface area contributed by atoms with Gasteiger partial charge in [0.2, 0.25) is 0 Å². The standard InChI is InChI=1S/C12H15N3O2/c1-17-12(16)3-2-6-13-9-4-5-10-11(7-9)15-8-14-10/h4-5,7-8,13H,2-3,6H2,1H3,(H,14,15). The number of methoxy groups -OCH3 is 1. The lowest BCUT2D eigenvalue weighted by atomic mass is 10.2. The maximum Gasteiger partial charge on any atom is 0.305 e. The van der Waals surface area contributed by atoms with E-state index in [0.717, 1.165) is 29.7 Å². The number of carbonyl (C=O) groups excluding carboxylic acids is 1. The molecule has 17 heavy (non-hydrogen) atoms. The number of aromatic nitrogens is 2. The van der Waals surface area contributed by atoms with E-state index in [0.29, 0.717) is 6.42 Å². The number of rotatable bonds is 5. The van der Waals surface area contributed by atoms with E-state index in [4.69, 9.17) is 0 Å². The van der Waals surface area contributed by atoms with E-state index in [1.807, 2.05) is 18.2 Å². The zero-order chi connectivity index (χ0) is 12.1. The second-order valence-electron chi connectivity index (χ2n) is 3.74. The van der Waals surface area contributed by atoms with Crippen molar-refractivity contribution in [2.75, 3.05) is 19.0 Å². The van der Waals surface area contributed by atoms with Crippen molar-refractivity contribution in [1.82, 2.24) is 9.97 Å². The Morgan fingerprint density at radius 2 is 2.41 bits per heavy atom. The van der Waals surface area contributed by atoms with Crippen LogP contribution in [0.4, 0.5) is 5.69 Å². The molecule has 2 aromatic rings.